The zero-order chi connectivity index (χ0) is 9.10. The van der Waals surface area contributed by atoms with Gasteiger partial charge in [0.1, 0.15) is 0 Å². The van der Waals surface area contributed by atoms with Crippen LogP contribution in [0, 0.1) is 0 Å². The molecule has 1 aromatic rings. The van der Waals surface area contributed by atoms with Gasteiger partial charge in [0, 0.05) is 11.7 Å². The topological polar surface area (TPSA) is 17.1 Å². The molecule has 66 valence electrons. The second kappa shape index (κ2) is 3.79. The van der Waals surface area contributed by atoms with E-state index in [1.165, 1.54) is 5.56 Å². The number of carbonyl (C=O) groups is 1. The summed E-state index contributed by atoms with van der Waals surface area (Å²) >= 11 is 1.72. The highest BCUT2D eigenvalue weighted by atomic mass is 32.2. The SMILES string of the molecule is O=C1C=CS[C@H](c2ccccc2)C1. The van der Waals surface area contributed by atoms with Crippen molar-refractivity contribution in [2.75, 3.05) is 0 Å². The van der Waals surface area contributed by atoms with Gasteiger partial charge in [-0.1, -0.05) is 30.3 Å². The Labute approximate surface area is 81.8 Å². The lowest BCUT2D eigenvalue weighted by atomic mass is 10.1. The summed E-state index contributed by atoms with van der Waals surface area (Å²) in [6.07, 6.45) is 2.29. The second-order valence-electron chi connectivity index (χ2n) is 3.01. The van der Waals surface area contributed by atoms with Crippen LogP contribution in [0.2, 0.25) is 0 Å². The highest BCUT2D eigenvalue weighted by molar-refractivity contribution is 8.02. The molecule has 0 aliphatic carbocycles. The number of thioether (sulfide) groups is 1. The molecule has 13 heavy (non-hydrogen) atoms. The van der Waals surface area contributed by atoms with E-state index in [9.17, 15) is 4.79 Å². The van der Waals surface area contributed by atoms with Crippen molar-refractivity contribution in [1.29, 1.82) is 0 Å². The van der Waals surface area contributed by atoms with E-state index in [1.807, 2.05) is 23.6 Å². The van der Waals surface area contributed by atoms with Gasteiger partial charge in [-0.25, -0.2) is 0 Å². The molecule has 2 rings (SSSR count). The number of benzene rings is 1. The Morgan fingerprint density at radius 2 is 2.00 bits per heavy atom. The first kappa shape index (κ1) is 8.57. The van der Waals surface area contributed by atoms with Crippen molar-refractivity contribution in [2.45, 2.75) is 11.7 Å². The zero-order valence-electron chi connectivity index (χ0n) is 7.14. The molecule has 1 heterocycles. The van der Waals surface area contributed by atoms with E-state index in [-0.39, 0.29) is 5.78 Å². The standard InChI is InChI=1S/C11H10OS/c12-10-6-7-13-11(8-10)9-4-2-1-3-5-9/h1-7,11H,8H2/t11-/m0/s1. The molecule has 0 saturated carbocycles. The maximum atomic E-state index is 11.1. The fourth-order valence-electron chi connectivity index (χ4n) is 1.37. The second-order valence-corrected chi connectivity index (χ2v) is 4.12. The summed E-state index contributed by atoms with van der Waals surface area (Å²) in [6.45, 7) is 0. The molecule has 2 heteroatoms. The van der Waals surface area contributed by atoms with Crippen molar-refractivity contribution in [3.05, 3.63) is 47.4 Å². The van der Waals surface area contributed by atoms with Gasteiger partial charge < -0.3 is 0 Å². The molecular weight excluding hydrogens is 180 g/mol. The van der Waals surface area contributed by atoms with Crippen molar-refractivity contribution in [3.63, 3.8) is 0 Å². The lowest BCUT2D eigenvalue weighted by Gasteiger charge is -2.16. The van der Waals surface area contributed by atoms with Crippen LogP contribution in [0.1, 0.15) is 17.2 Å². The van der Waals surface area contributed by atoms with Crippen LogP contribution in [-0.2, 0) is 4.79 Å². The molecule has 0 saturated heterocycles. The molecule has 1 nitrogen and oxygen atoms in total. The van der Waals surface area contributed by atoms with Crippen LogP contribution >= 0.6 is 11.8 Å². The van der Waals surface area contributed by atoms with E-state index in [0.717, 1.165) is 0 Å². The van der Waals surface area contributed by atoms with E-state index in [0.29, 0.717) is 11.7 Å². The number of ketones is 1. The monoisotopic (exact) mass is 190 g/mol. The maximum absolute atomic E-state index is 11.1. The van der Waals surface area contributed by atoms with Gasteiger partial charge in [0.05, 0.1) is 0 Å². The normalized spacial score (nSPS) is 21.8. The summed E-state index contributed by atoms with van der Waals surface area (Å²) in [6, 6.07) is 10.2. The molecule has 0 radical (unpaired) electrons. The number of carbonyl (C=O) groups excluding carboxylic acids is 1. The highest BCUT2D eigenvalue weighted by Crippen LogP contribution is 2.35. The molecule has 0 spiro atoms. The van der Waals surface area contributed by atoms with Crippen LogP contribution in [0.4, 0.5) is 0 Å². The van der Waals surface area contributed by atoms with Gasteiger partial charge in [0.2, 0.25) is 0 Å². The third-order valence-corrected chi connectivity index (χ3v) is 3.12. The summed E-state index contributed by atoms with van der Waals surface area (Å²) in [5.41, 5.74) is 1.24. The molecule has 1 atom stereocenters. The van der Waals surface area contributed by atoms with E-state index >= 15 is 0 Å². The van der Waals surface area contributed by atoms with Crippen molar-refractivity contribution >= 4 is 17.5 Å². The predicted octanol–water partition coefficient (Wildman–Crippen LogP) is 2.95. The van der Waals surface area contributed by atoms with E-state index in [2.05, 4.69) is 12.1 Å². The number of hydrogen-bond acceptors (Lipinski definition) is 2. The number of allylic oxidation sites excluding steroid dienone is 1. The van der Waals surface area contributed by atoms with Gasteiger partial charge in [0.15, 0.2) is 5.78 Å². The fraction of sp³-hybridized carbons (Fsp3) is 0.182. The van der Waals surface area contributed by atoms with Gasteiger partial charge in [0.25, 0.3) is 0 Å². The molecule has 1 aliphatic rings. The minimum Gasteiger partial charge on any atom is -0.295 e. The first-order valence-electron chi connectivity index (χ1n) is 4.26. The average Bonchev–Trinajstić information content (AvgIpc) is 2.19. The van der Waals surface area contributed by atoms with Gasteiger partial charge >= 0.3 is 0 Å². The van der Waals surface area contributed by atoms with E-state index in [1.54, 1.807) is 17.8 Å². The number of hydrogen-bond donors (Lipinski definition) is 0. The first-order chi connectivity index (χ1) is 6.36. The summed E-state index contributed by atoms with van der Waals surface area (Å²) in [7, 11) is 0. The Bertz CT molecular complexity index is 329. The van der Waals surface area contributed by atoms with Crippen LogP contribution in [0.3, 0.4) is 0 Å². The summed E-state index contributed by atoms with van der Waals surface area (Å²) in [5, 5.41) is 2.21. The van der Waals surface area contributed by atoms with Gasteiger partial charge in [-0.15, -0.1) is 11.8 Å². The number of rotatable bonds is 1. The Morgan fingerprint density at radius 3 is 2.69 bits per heavy atom. The van der Waals surface area contributed by atoms with Crippen molar-refractivity contribution in [3.8, 4) is 0 Å². The molecule has 1 aliphatic heterocycles. The van der Waals surface area contributed by atoms with Crippen molar-refractivity contribution < 1.29 is 4.79 Å². The third kappa shape index (κ3) is 2.01. The first-order valence-corrected chi connectivity index (χ1v) is 5.20. The molecule has 0 unspecified atom stereocenters. The van der Waals surface area contributed by atoms with Gasteiger partial charge in [-0.05, 0) is 17.0 Å². The van der Waals surface area contributed by atoms with Crippen molar-refractivity contribution in [1.82, 2.24) is 0 Å². The van der Waals surface area contributed by atoms with Crippen LogP contribution < -0.4 is 0 Å². The summed E-state index contributed by atoms with van der Waals surface area (Å²) < 4.78 is 0. The van der Waals surface area contributed by atoms with Gasteiger partial charge in [-0.2, -0.15) is 0 Å². The minimum absolute atomic E-state index is 0.229. The quantitative estimate of drug-likeness (QED) is 0.677. The lowest BCUT2D eigenvalue weighted by molar-refractivity contribution is -0.114. The summed E-state index contributed by atoms with van der Waals surface area (Å²) in [4.78, 5) is 11.1. The predicted molar refractivity (Wildman–Crippen MR) is 55.5 cm³/mol. The van der Waals surface area contributed by atoms with Crippen LogP contribution in [0.5, 0.6) is 0 Å². The smallest absolute Gasteiger partial charge is 0.157 e. The Balaban J connectivity index is 2.19. The van der Waals surface area contributed by atoms with Gasteiger partial charge in [-0.3, -0.25) is 4.79 Å². The van der Waals surface area contributed by atoms with Crippen molar-refractivity contribution in [2.24, 2.45) is 0 Å². The zero-order valence-corrected chi connectivity index (χ0v) is 7.96. The Hall–Kier alpha value is -1.02. The fourth-order valence-corrected chi connectivity index (χ4v) is 2.37. The van der Waals surface area contributed by atoms with E-state index in [4.69, 9.17) is 0 Å². The highest BCUT2D eigenvalue weighted by Gasteiger charge is 2.17. The lowest BCUT2D eigenvalue weighted by Crippen LogP contribution is -2.04. The molecule has 1 aromatic carbocycles. The van der Waals surface area contributed by atoms with Crippen LogP contribution in [0.15, 0.2) is 41.8 Å². The molecule has 0 bridgehead atoms. The summed E-state index contributed by atoms with van der Waals surface area (Å²) in [5.74, 6) is 0.229. The molecule has 0 N–H and O–H groups in total. The Morgan fingerprint density at radius 1 is 1.23 bits per heavy atom. The third-order valence-electron chi connectivity index (χ3n) is 2.05. The molecule has 0 amide bonds. The molecule has 0 aromatic heterocycles. The molecular formula is C11H10OS. The minimum atomic E-state index is 0.229. The largest absolute Gasteiger partial charge is 0.295 e. The Kier molecular flexibility index (Phi) is 2.50. The van der Waals surface area contributed by atoms with Crippen LogP contribution in [-0.4, -0.2) is 5.78 Å². The van der Waals surface area contributed by atoms with E-state index < -0.39 is 0 Å². The van der Waals surface area contributed by atoms with Crippen LogP contribution in [0.25, 0.3) is 0 Å². The maximum Gasteiger partial charge on any atom is 0.157 e. The average molecular weight is 190 g/mol. The molecule has 0 fully saturated rings.